The largest absolute Gasteiger partial charge is 0.493 e. The first-order chi connectivity index (χ1) is 14.6. The third kappa shape index (κ3) is 5.63. The highest BCUT2D eigenvalue weighted by Gasteiger charge is 2.12. The van der Waals surface area contributed by atoms with Crippen molar-refractivity contribution in [3.63, 3.8) is 0 Å². The number of nitriles is 1. The molecular weight excluding hydrogens is 400 g/mol. The SMILES string of the molecule is COc1ccc(/C=C(\C#N)C(=O)Nc2cccc(Cl)c2)cc1OCc1ccccc1. The van der Waals surface area contributed by atoms with Gasteiger partial charge in [-0.2, -0.15) is 5.26 Å². The highest BCUT2D eigenvalue weighted by Crippen LogP contribution is 2.30. The van der Waals surface area contributed by atoms with Gasteiger partial charge < -0.3 is 14.8 Å². The number of nitrogens with zero attached hydrogens (tertiary/aromatic N) is 1. The van der Waals surface area contributed by atoms with E-state index in [0.717, 1.165) is 5.56 Å². The molecule has 5 nitrogen and oxygen atoms in total. The fraction of sp³-hybridized carbons (Fsp3) is 0.0833. The zero-order chi connectivity index (χ0) is 21.3. The third-order valence-electron chi connectivity index (χ3n) is 4.18. The number of benzene rings is 3. The molecule has 1 N–H and O–H groups in total. The molecular formula is C24H19ClN2O3. The Morgan fingerprint density at radius 1 is 1.07 bits per heavy atom. The zero-order valence-corrected chi connectivity index (χ0v) is 17.0. The van der Waals surface area contributed by atoms with E-state index in [4.69, 9.17) is 21.1 Å². The Morgan fingerprint density at radius 3 is 2.57 bits per heavy atom. The predicted molar refractivity (Wildman–Crippen MR) is 117 cm³/mol. The number of carbonyl (C=O) groups excluding carboxylic acids is 1. The van der Waals surface area contributed by atoms with E-state index in [9.17, 15) is 10.1 Å². The van der Waals surface area contributed by atoms with Crippen molar-refractivity contribution >= 4 is 29.3 Å². The molecule has 6 heteroatoms. The molecule has 0 saturated carbocycles. The lowest BCUT2D eigenvalue weighted by molar-refractivity contribution is -0.112. The van der Waals surface area contributed by atoms with E-state index in [1.54, 1.807) is 49.6 Å². The van der Waals surface area contributed by atoms with Gasteiger partial charge in [-0.3, -0.25) is 4.79 Å². The van der Waals surface area contributed by atoms with Gasteiger partial charge in [0.1, 0.15) is 18.2 Å². The van der Waals surface area contributed by atoms with Gasteiger partial charge >= 0.3 is 0 Å². The minimum Gasteiger partial charge on any atom is -0.493 e. The number of hydrogen-bond donors (Lipinski definition) is 1. The van der Waals surface area contributed by atoms with Crippen molar-refractivity contribution < 1.29 is 14.3 Å². The highest BCUT2D eigenvalue weighted by atomic mass is 35.5. The van der Waals surface area contributed by atoms with Crippen LogP contribution in [0.1, 0.15) is 11.1 Å². The van der Waals surface area contributed by atoms with Crippen molar-refractivity contribution in [1.82, 2.24) is 0 Å². The first-order valence-electron chi connectivity index (χ1n) is 9.12. The summed E-state index contributed by atoms with van der Waals surface area (Å²) in [6, 6.07) is 23.6. The number of halogens is 1. The molecule has 150 valence electrons. The van der Waals surface area contributed by atoms with Crippen LogP contribution in [-0.4, -0.2) is 13.0 Å². The van der Waals surface area contributed by atoms with Crippen LogP contribution in [0.25, 0.3) is 6.08 Å². The topological polar surface area (TPSA) is 71.3 Å². The fourth-order valence-electron chi connectivity index (χ4n) is 2.71. The molecule has 0 aliphatic heterocycles. The Hall–Kier alpha value is -3.75. The summed E-state index contributed by atoms with van der Waals surface area (Å²) in [6.45, 7) is 0.366. The number of anilines is 1. The molecule has 30 heavy (non-hydrogen) atoms. The van der Waals surface area contributed by atoms with Gasteiger partial charge in [0.15, 0.2) is 11.5 Å². The number of methoxy groups -OCH3 is 1. The van der Waals surface area contributed by atoms with E-state index in [0.29, 0.717) is 34.4 Å². The molecule has 3 aromatic carbocycles. The van der Waals surface area contributed by atoms with Crippen LogP contribution in [0.2, 0.25) is 5.02 Å². The summed E-state index contributed by atoms with van der Waals surface area (Å²) in [6.07, 6.45) is 1.49. The number of ether oxygens (including phenoxy) is 2. The molecule has 0 aromatic heterocycles. The molecule has 0 spiro atoms. The summed E-state index contributed by atoms with van der Waals surface area (Å²) >= 11 is 5.93. The van der Waals surface area contributed by atoms with Crippen molar-refractivity contribution in [3.05, 3.63) is 94.5 Å². The van der Waals surface area contributed by atoms with E-state index in [1.165, 1.54) is 6.08 Å². The Bertz CT molecular complexity index is 1100. The van der Waals surface area contributed by atoms with Gasteiger partial charge in [0.05, 0.1) is 7.11 Å². The quantitative estimate of drug-likeness (QED) is 0.407. The second kappa shape index (κ2) is 10.1. The summed E-state index contributed by atoms with van der Waals surface area (Å²) in [5.41, 5.74) is 2.11. The molecule has 1 amide bonds. The Balaban J connectivity index is 1.80. The van der Waals surface area contributed by atoms with Crippen LogP contribution >= 0.6 is 11.6 Å². The standard InChI is InChI=1S/C24H19ClN2O3/c1-29-22-11-10-18(13-23(22)30-16-17-6-3-2-4-7-17)12-19(15-26)24(28)27-21-9-5-8-20(25)14-21/h2-14H,16H2,1H3,(H,27,28)/b19-12+. The van der Waals surface area contributed by atoms with E-state index in [2.05, 4.69) is 5.32 Å². The van der Waals surface area contributed by atoms with Gasteiger partial charge in [-0.25, -0.2) is 0 Å². The van der Waals surface area contributed by atoms with Crippen molar-refractivity contribution in [1.29, 1.82) is 5.26 Å². The first kappa shape index (κ1) is 21.0. The summed E-state index contributed by atoms with van der Waals surface area (Å²) in [5, 5.41) is 12.6. The first-order valence-corrected chi connectivity index (χ1v) is 9.50. The van der Waals surface area contributed by atoms with Gasteiger partial charge in [0, 0.05) is 10.7 Å². The molecule has 0 saturated heterocycles. The summed E-state index contributed by atoms with van der Waals surface area (Å²) < 4.78 is 11.2. The van der Waals surface area contributed by atoms with Crippen LogP contribution < -0.4 is 14.8 Å². The van der Waals surface area contributed by atoms with Crippen molar-refractivity contribution in [3.8, 4) is 17.6 Å². The van der Waals surface area contributed by atoms with Crippen molar-refractivity contribution in [2.45, 2.75) is 6.61 Å². The lowest BCUT2D eigenvalue weighted by Crippen LogP contribution is -2.13. The predicted octanol–water partition coefficient (Wildman–Crippen LogP) is 5.47. The van der Waals surface area contributed by atoms with Crippen LogP contribution in [0, 0.1) is 11.3 Å². The fourth-order valence-corrected chi connectivity index (χ4v) is 2.90. The van der Waals surface area contributed by atoms with E-state index >= 15 is 0 Å². The van der Waals surface area contributed by atoms with Gasteiger partial charge in [-0.1, -0.05) is 54.1 Å². The average molecular weight is 419 g/mol. The Labute approximate surface area is 180 Å². The summed E-state index contributed by atoms with van der Waals surface area (Å²) in [7, 11) is 1.55. The van der Waals surface area contributed by atoms with E-state index in [1.807, 2.05) is 36.4 Å². The van der Waals surface area contributed by atoms with Crippen LogP contribution in [0.3, 0.4) is 0 Å². The Kier molecular flexibility index (Phi) is 7.09. The molecule has 3 rings (SSSR count). The van der Waals surface area contributed by atoms with E-state index < -0.39 is 5.91 Å². The van der Waals surface area contributed by atoms with Crippen LogP contribution in [0.4, 0.5) is 5.69 Å². The van der Waals surface area contributed by atoms with Gasteiger partial charge in [0.2, 0.25) is 0 Å². The molecule has 0 radical (unpaired) electrons. The summed E-state index contributed by atoms with van der Waals surface area (Å²) in [5.74, 6) is 0.551. The number of carbonyl (C=O) groups is 1. The second-order valence-corrected chi connectivity index (χ2v) is 6.76. The maximum absolute atomic E-state index is 12.5. The molecule has 0 aliphatic carbocycles. The van der Waals surface area contributed by atoms with Crippen LogP contribution in [-0.2, 0) is 11.4 Å². The van der Waals surface area contributed by atoms with Gasteiger partial charge in [-0.05, 0) is 47.5 Å². The maximum Gasteiger partial charge on any atom is 0.266 e. The number of nitrogens with one attached hydrogen (secondary N) is 1. The number of hydrogen-bond acceptors (Lipinski definition) is 4. The van der Waals surface area contributed by atoms with Crippen LogP contribution in [0.5, 0.6) is 11.5 Å². The van der Waals surface area contributed by atoms with E-state index in [-0.39, 0.29) is 5.57 Å². The second-order valence-electron chi connectivity index (χ2n) is 6.32. The molecule has 0 unspecified atom stereocenters. The lowest BCUT2D eigenvalue weighted by Gasteiger charge is -2.12. The highest BCUT2D eigenvalue weighted by molar-refractivity contribution is 6.31. The number of rotatable bonds is 7. The zero-order valence-electron chi connectivity index (χ0n) is 16.3. The minimum absolute atomic E-state index is 0.0471. The Morgan fingerprint density at radius 2 is 1.87 bits per heavy atom. The maximum atomic E-state index is 12.5. The molecule has 0 aliphatic rings. The van der Waals surface area contributed by atoms with Gasteiger partial charge in [-0.15, -0.1) is 0 Å². The molecule has 3 aromatic rings. The van der Waals surface area contributed by atoms with Gasteiger partial charge in [0.25, 0.3) is 5.91 Å². The number of amides is 1. The van der Waals surface area contributed by atoms with Crippen molar-refractivity contribution in [2.24, 2.45) is 0 Å². The monoisotopic (exact) mass is 418 g/mol. The summed E-state index contributed by atoms with van der Waals surface area (Å²) in [4.78, 5) is 12.5. The molecule has 0 bridgehead atoms. The molecule has 0 atom stereocenters. The minimum atomic E-state index is -0.526. The lowest BCUT2D eigenvalue weighted by atomic mass is 10.1. The average Bonchev–Trinajstić information content (AvgIpc) is 2.76. The normalized spacial score (nSPS) is 10.8. The van der Waals surface area contributed by atoms with Crippen molar-refractivity contribution in [2.75, 3.05) is 12.4 Å². The smallest absolute Gasteiger partial charge is 0.266 e. The molecule has 0 fully saturated rings. The molecule has 0 heterocycles. The third-order valence-corrected chi connectivity index (χ3v) is 4.42. The van der Waals surface area contributed by atoms with Crippen LogP contribution in [0.15, 0.2) is 78.4 Å².